The number of carbonyl (C=O) groups excluding carboxylic acids is 1. The largest absolute Gasteiger partial charge is 0.381 e. The Bertz CT molecular complexity index is 568. The SMILES string of the molecule is CC(C)COCCC(=O)Nc1n[nH]c(-c2ccccn2)n1. The fourth-order valence-electron chi connectivity index (χ4n) is 1.61. The molecular formula is C14H19N5O2. The molecule has 0 aliphatic heterocycles. The third kappa shape index (κ3) is 4.96. The second-order valence-corrected chi connectivity index (χ2v) is 4.99. The van der Waals surface area contributed by atoms with Crippen LogP contribution in [0.4, 0.5) is 5.95 Å². The number of pyridine rings is 1. The fraction of sp³-hybridized carbons (Fsp3) is 0.429. The van der Waals surface area contributed by atoms with Crippen LogP contribution in [-0.4, -0.2) is 39.3 Å². The highest BCUT2D eigenvalue weighted by Crippen LogP contribution is 2.12. The lowest BCUT2D eigenvalue weighted by atomic mass is 10.2. The van der Waals surface area contributed by atoms with Gasteiger partial charge in [-0.05, 0) is 18.1 Å². The van der Waals surface area contributed by atoms with Crippen molar-refractivity contribution in [3.63, 3.8) is 0 Å². The van der Waals surface area contributed by atoms with Gasteiger partial charge < -0.3 is 4.74 Å². The van der Waals surface area contributed by atoms with Gasteiger partial charge in [0.2, 0.25) is 11.9 Å². The Morgan fingerprint density at radius 1 is 1.43 bits per heavy atom. The minimum Gasteiger partial charge on any atom is -0.381 e. The van der Waals surface area contributed by atoms with E-state index < -0.39 is 0 Å². The Kier molecular flexibility index (Phi) is 5.39. The number of aromatic amines is 1. The number of H-pyrrole nitrogens is 1. The number of rotatable bonds is 7. The third-order valence-electron chi connectivity index (χ3n) is 2.57. The van der Waals surface area contributed by atoms with Crippen LogP contribution in [0.2, 0.25) is 0 Å². The first-order valence-electron chi connectivity index (χ1n) is 6.86. The zero-order valence-corrected chi connectivity index (χ0v) is 12.2. The van der Waals surface area contributed by atoms with E-state index in [1.54, 1.807) is 6.20 Å². The summed E-state index contributed by atoms with van der Waals surface area (Å²) in [5.41, 5.74) is 0.672. The van der Waals surface area contributed by atoms with Crippen LogP contribution in [0.5, 0.6) is 0 Å². The van der Waals surface area contributed by atoms with Crippen LogP contribution in [0.3, 0.4) is 0 Å². The van der Waals surface area contributed by atoms with Gasteiger partial charge in [0.15, 0.2) is 5.82 Å². The number of nitrogens with zero attached hydrogens (tertiary/aromatic N) is 3. The number of carbonyl (C=O) groups is 1. The number of amides is 1. The molecule has 2 N–H and O–H groups in total. The summed E-state index contributed by atoms with van der Waals surface area (Å²) in [5.74, 6) is 1.04. The molecule has 112 valence electrons. The van der Waals surface area contributed by atoms with Crippen molar-refractivity contribution in [1.82, 2.24) is 20.2 Å². The van der Waals surface area contributed by atoms with E-state index in [1.165, 1.54) is 0 Å². The Hall–Kier alpha value is -2.28. The summed E-state index contributed by atoms with van der Waals surface area (Å²) in [7, 11) is 0. The van der Waals surface area contributed by atoms with Crippen LogP contribution < -0.4 is 5.32 Å². The van der Waals surface area contributed by atoms with Crippen LogP contribution in [0.1, 0.15) is 20.3 Å². The van der Waals surface area contributed by atoms with Crippen LogP contribution in [-0.2, 0) is 9.53 Å². The van der Waals surface area contributed by atoms with Gasteiger partial charge in [-0.1, -0.05) is 19.9 Å². The molecule has 1 amide bonds. The summed E-state index contributed by atoms with van der Waals surface area (Å²) in [5, 5.41) is 9.30. The summed E-state index contributed by atoms with van der Waals surface area (Å²) in [6, 6.07) is 5.49. The minimum atomic E-state index is -0.176. The van der Waals surface area contributed by atoms with E-state index in [9.17, 15) is 4.79 Å². The molecule has 0 atom stereocenters. The zero-order valence-electron chi connectivity index (χ0n) is 12.2. The predicted molar refractivity (Wildman–Crippen MR) is 78.5 cm³/mol. The van der Waals surface area contributed by atoms with Crippen molar-refractivity contribution in [1.29, 1.82) is 0 Å². The van der Waals surface area contributed by atoms with E-state index in [0.717, 1.165) is 0 Å². The van der Waals surface area contributed by atoms with Crippen molar-refractivity contribution in [3.05, 3.63) is 24.4 Å². The van der Waals surface area contributed by atoms with Gasteiger partial charge in [-0.25, -0.2) is 0 Å². The molecule has 7 heteroatoms. The van der Waals surface area contributed by atoms with Gasteiger partial charge in [-0.15, -0.1) is 5.10 Å². The number of nitrogens with one attached hydrogen (secondary N) is 2. The van der Waals surface area contributed by atoms with Crippen molar-refractivity contribution in [2.45, 2.75) is 20.3 Å². The Labute approximate surface area is 123 Å². The highest BCUT2D eigenvalue weighted by molar-refractivity contribution is 5.89. The van der Waals surface area contributed by atoms with Crippen molar-refractivity contribution in [3.8, 4) is 11.5 Å². The number of hydrogen-bond acceptors (Lipinski definition) is 5. The smallest absolute Gasteiger partial charge is 0.249 e. The molecule has 0 bridgehead atoms. The minimum absolute atomic E-state index is 0.176. The molecular weight excluding hydrogens is 270 g/mol. The number of anilines is 1. The molecule has 0 spiro atoms. The highest BCUT2D eigenvalue weighted by Gasteiger charge is 2.09. The maximum absolute atomic E-state index is 11.7. The topological polar surface area (TPSA) is 92.8 Å². The molecule has 2 aromatic rings. The van der Waals surface area contributed by atoms with Gasteiger partial charge in [0.1, 0.15) is 5.69 Å². The number of hydrogen-bond donors (Lipinski definition) is 2. The lowest BCUT2D eigenvalue weighted by Crippen LogP contribution is -2.16. The first-order chi connectivity index (χ1) is 10.1. The van der Waals surface area contributed by atoms with E-state index in [0.29, 0.717) is 30.7 Å². The summed E-state index contributed by atoms with van der Waals surface area (Å²) < 4.78 is 5.36. The van der Waals surface area contributed by atoms with E-state index in [2.05, 4.69) is 39.3 Å². The van der Waals surface area contributed by atoms with Crippen molar-refractivity contribution in [2.24, 2.45) is 5.92 Å². The lowest BCUT2D eigenvalue weighted by molar-refractivity contribution is -0.117. The Morgan fingerprint density at radius 2 is 2.29 bits per heavy atom. The second-order valence-electron chi connectivity index (χ2n) is 4.99. The number of ether oxygens (including phenoxy) is 1. The first kappa shape index (κ1) is 15.1. The van der Waals surface area contributed by atoms with Gasteiger partial charge in [0, 0.05) is 12.8 Å². The summed E-state index contributed by atoms with van der Waals surface area (Å²) in [4.78, 5) is 20.0. The Balaban J connectivity index is 1.81. The van der Waals surface area contributed by atoms with E-state index in [-0.39, 0.29) is 18.3 Å². The van der Waals surface area contributed by atoms with Crippen molar-refractivity contribution in [2.75, 3.05) is 18.5 Å². The molecule has 0 saturated heterocycles. The third-order valence-corrected chi connectivity index (χ3v) is 2.57. The Morgan fingerprint density at radius 3 is 3.00 bits per heavy atom. The molecule has 2 aromatic heterocycles. The molecule has 7 nitrogen and oxygen atoms in total. The second kappa shape index (κ2) is 7.49. The molecule has 21 heavy (non-hydrogen) atoms. The molecule has 0 aliphatic rings. The normalized spacial score (nSPS) is 10.8. The molecule has 2 rings (SSSR count). The molecule has 0 radical (unpaired) electrons. The molecule has 0 aliphatic carbocycles. The van der Waals surface area contributed by atoms with Crippen molar-refractivity contribution < 1.29 is 9.53 Å². The summed E-state index contributed by atoms with van der Waals surface area (Å²) in [6.07, 6.45) is 1.95. The quantitative estimate of drug-likeness (QED) is 0.759. The van der Waals surface area contributed by atoms with Gasteiger partial charge in [0.05, 0.1) is 13.0 Å². The highest BCUT2D eigenvalue weighted by atomic mass is 16.5. The monoisotopic (exact) mass is 289 g/mol. The molecule has 0 fully saturated rings. The van der Waals surface area contributed by atoms with Crippen molar-refractivity contribution >= 4 is 11.9 Å². The van der Waals surface area contributed by atoms with Crippen LogP contribution in [0.25, 0.3) is 11.5 Å². The van der Waals surface area contributed by atoms with Gasteiger partial charge in [-0.3, -0.25) is 20.2 Å². The van der Waals surface area contributed by atoms with Gasteiger partial charge >= 0.3 is 0 Å². The standard InChI is InChI=1S/C14H19N5O2/c1-10(2)9-21-8-6-12(20)16-14-17-13(18-19-14)11-5-3-4-7-15-11/h3-5,7,10H,6,8-9H2,1-2H3,(H2,16,17,18,19,20). The zero-order chi connectivity index (χ0) is 15.1. The molecule has 2 heterocycles. The van der Waals surface area contributed by atoms with E-state index >= 15 is 0 Å². The summed E-state index contributed by atoms with van der Waals surface area (Å²) >= 11 is 0. The number of aromatic nitrogens is 4. The first-order valence-corrected chi connectivity index (χ1v) is 6.86. The van der Waals surface area contributed by atoms with Crippen LogP contribution in [0.15, 0.2) is 24.4 Å². The molecule has 0 unspecified atom stereocenters. The van der Waals surface area contributed by atoms with E-state index in [1.807, 2.05) is 18.2 Å². The lowest BCUT2D eigenvalue weighted by Gasteiger charge is -2.05. The fourth-order valence-corrected chi connectivity index (χ4v) is 1.61. The van der Waals surface area contributed by atoms with E-state index in [4.69, 9.17) is 4.74 Å². The maximum atomic E-state index is 11.7. The van der Waals surface area contributed by atoms with Crippen LogP contribution in [0, 0.1) is 5.92 Å². The predicted octanol–water partition coefficient (Wildman–Crippen LogP) is 1.87. The molecule has 0 aromatic carbocycles. The maximum Gasteiger partial charge on any atom is 0.249 e. The van der Waals surface area contributed by atoms with Gasteiger partial charge in [-0.2, -0.15) is 4.98 Å². The summed E-state index contributed by atoms with van der Waals surface area (Å²) in [6.45, 7) is 5.17. The average Bonchev–Trinajstić information content (AvgIpc) is 2.93. The molecule has 0 saturated carbocycles. The van der Waals surface area contributed by atoms with Crippen LogP contribution >= 0.6 is 0 Å². The van der Waals surface area contributed by atoms with Gasteiger partial charge in [0.25, 0.3) is 0 Å². The average molecular weight is 289 g/mol.